The van der Waals surface area contributed by atoms with Crippen molar-refractivity contribution in [1.82, 2.24) is 14.7 Å². The number of hydrogen-bond donors (Lipinski definition) is 2. The van der Waals surface area contributed by atoms with E-state index in [0.717, 1.165) is 0 Å². The smallest absolute Gasteiger partial charge is 0.420 e. The zero-order valence-corrected chi connectivity index (χ0v) is 23.1. The fourth-order valence-electron chi connectivity index (χ4n) is 3.49. The number of para-hydroxylation sites is 1. The van der Waals surface area contributed by atoms with Gasteiger partial charge in [-0.1, -0.05) is 18.2 Å². The van der Waals surface area contributed by atoms with E-state index in [4.69, 9.17) is 14.2 Å². The van der Waals surface area contributed by atoms with Crippen molar-refractivity contribution >= 4 is 29.1 Å². The number of aliphatic hydroxyl groups is 1. The number of hydrogen-bond acceptors (Lipinski definition) is 8. The van der Waals surface area contributed by atoms with Gasteiger partial charge in [-0.15, -0.1) is 0 Å². The van der Waals surface area contributed by atoms with Gasteiger partial charge in [0.2, 0.25) is 0 Å². The molecule has 0 aliphatic rings. The third-order valence-electron chi connectivity index (χ3n) is 4.72. The van der Waals surface area contributed by atoms with Gasteiger partial charge in [0.05, 0.1) is 23.4 Å². The molecule has 206 valence electrons. The van der Waals surface area contributed by atoms with Crippen LogP contribution in [0.15, 0.2) is 24.3 Å². The largest absolute Gasteiger partial charge is 0.480 e. The number of ether oxygens (including phenoxy) is 3. The van der Waals surface area contributed by atoms with Crippen LogP contribution in [0.25, 0.3) is 10.9 Å². The van der Waals surface area contributed by atoms with Crippen molar-refractivity contribution in [3.8, 4) is 0 Å². The summed E-state index contributed by atoms with van der Waals surface area (Å²) < 4.78 is 17.7. The number of aliphatic carboxylic acids is 1. The highest BCUT2D eigenvalue weighted by molar-refractivity contribution is 5.93. The van der Waals surface area contributed by atoms with Crippen LogP contribution < -0.4 is 0 Å². The van der Waals surface area contributed by atoms with Crippen molar-refractivity contribution in [2.24, 2.45) is 0 Å². The average molecular weight is 522 g/mol. The molecular weight excluding hydrogens is 482 g/mol. The topological polar surface area (TPSA) is 140 Å². The fourth-order valence-corrected chi connectivity index (χ4v) is 3.49. The molecule has 1 aromatic heterocycles. The number of carbonyl (C=O) groups is 3. The van der Waals surface area contributed by atoms with E-state index in [1.54, 1.807) is 65.8 Å². The van der Waals surface area contributed by atoms with Crippen LogP contribution in [-0.4, -0.2) is 72.2 Å². The van der Waals surface area contributed by atoms with Gasteiger partial charge in [0.25, 0.3) is 0 Å². The first kappa shape index (κ1) is 30.0. The van der Waals surface area contributed by atoms with Crippen LogP contribution in [0.4, 0.5) is 9.59 Å². The standard InChI is InChI=1S/C26H39N3O8/c1-24(2,3)35-20(30)14-17-16-12-10-11-13-18(16)28(27-17)15-19(21(31)32)29(22(33)36-25(4,5)6)23(34)37-26(7,8)9/h10-13,19-20,30H,14-15H2,1-9H3,(H,31,32). The molecule has 2 atom stereocenters. The first-order chi connectivity index (χ1) is 16.8. The number of aliphatic hydroxyl groups excluding tert-OH is 1. The number of aromatic nitrogens is 2. The number of benzene rings is 1. The number of fused-ring (bicyclic) bond motifs is 1. The lowest BCUT2D eigenvalue weighted by atomic mass is 10.1. The van der Waals surface area contributed by atoms with Crippen LogP contribution >= 0.6 is 0 Å². The summed E-state index contributed by atoms with van der Waals surface area (Å²) >= 11 is 0. The van der Waals surface area contributed by atoms with Crippen molar-refractivity contribution < 1.29 is 38.8 Å². The Morgan fingerprint density at radius 1 is 0.919 bits per heavy atom. The van der Waals surface area contributed by atoms with Gasteiger partial charge in [-0.3, -0.25) is 4.68 Å². The van der Waals surface area contributed by atoms with E-state index < -0.39 is 47.3 Å². The van der Waals surface area contributed by atoms with E-state index in [0.29, 0.717) is 21.5 Å². The van der Waals surface area contributed by atoms with Crippen molar-refractivity contribution in [3.05, 3.63) is 30.0 Å². The molecule has 2 unspecified atom stereocenters. The number of carboxylic acids is 1. The molecule has 2 rings (SSSR count). The molecule has 0 aliphatic carbocycles. The normalized spacial score (nSPS) is 14.2. The Labute approximate surface area is 217 Å². The minimum absolute atomic E-state index is 0.0460. The van der Waals surface area contributed by atoms with Crippen LogP contribution in [0.2, 0.25) is 0 Å². The average Bonchev–Trinajstić information content (AvgIpc) is 3.00. The number of amides is 2. The molecule has 0 bridgehead atoms. The van der Waals surface area contributed by atoms with E-state index in [9.17, 15) is 24.6 Å². The lowest BCUT2D eigenvalue weighted by molar-refractivity contribution is -0.164. The minimum Gasteiger partial charge on any atom is -0.480 e. The fraction of sp³-hybridized carbons (Fsp3) is 0.615. The number of carboxylic acid groups (broad SMARTS) is 1. The lowest BCUT2D eigenvalue weighted by Gasteiger charge is -2.31. The molecule has 0 spiro atoms. The summed E-state index contributed by atoms with van der Waals surface area (Å²) in [4.78, 5) is 38.9. The third-order valence-corrected chi connectivity index (χ3v) is 4.72. The summed E-state index contributed by atoms with van der Waals surface area (Å²) in [5.41, 5.74) is -1.55. The van der Waals surface area contributed by atoms with Crippen LogP contribution in [0, 0.1) is 0 Å². The van der Waals surface area contributed by atoms with E-state index in [2.05, 4.69) is 5.10 Å². The maximum Gasteiger partial charge on any atom is 0.420 e. The maximum absolute atomic E-state index is 13.0. The molecule has 11 heteroatoms. The van der Waals surface area contributed by atoms with Crippen molar-refractivity contribution in [2.75, 3.05) is 0 Å². The highest BCUT2D eigenvalue weighted by Crippen LogP contribution is 2.24. The zero-order valence-electron chi connectivity index (χ0n) is 23.1. The summed E-state index contributed by atoms with van der Waals surface area (Å²) in [5, 5.41) is 25.7. The number of rotatable bonds is 7. The Morgan fingerprint density at radius 3 is 1.89 bits per heavy atom. The van der Waals surface area contributed by atoms with Gasteiger partial charge in [0, 0.05) is 11.8 Å². The van der Waals surface area contributed by atoms with E-state index >= 15 is 0 Å². The molecule has 0 radical (unpaired) electrons. The first-order valence-corrected chi connectivity index (χ1v) is 12.1. The molecule has 1 aromatic carbocycles. The first-order valence-electron chi connectivity index (χ1n) is 12.1. The van der Waals surface area contributed by atoms with E-state index in [1.165, 1.54) is 4.68 Å². The molecule has 0 saturated heterocycles. The molecule has 2 amide bonds. The monoisotopic (exact) mass is 521 g/mol. The van der Waals surface area contributed by atoms with Crippen LogP contribution in [0.3, 0.4) is 0 Å². The Bertz CT molecular complexity index is 1090. The quantitative estimate of drug-likeness (QED) is 0.509. The predicted octanol–water partition coefficient (Wildman–Crippen LogP) is 4.34. The van der Waals surface area contributed by atoms with Gasteiger partial charge in [0.15, 0.2) is 12.3 Å². The molecule has 1 heterocycles. The Morgan fingerprint density at radius 2 is 1.43 bits per heavy atom. The van der Waals surface area contributed by atoms with Crippen molar-refractivity contribution in [1.29, 1.82) is 0 Å². The summed E-state index contributed by atoms with van der Waals surface area (Å²) in [6.45, 7) is 14.7. The predicted molar refractivity (Wildman–Crippen MR) is 136 cm³/mol. The molecule has 2 aromatic rings. The summed E-state index contributed by atoms with van der Waals surface area (Å²) in [6.07, 6.45) is -3.41. The number of nitrogens with zero attached hydrogens (tertiary/aromatic N) is 3. The molecular formula is C26H39N3O8. The second-order valence-electron chi connectivity index (χ2n) is 11.7. The summed E-state index contributed by atoms with van der Waals surface area (Å²) in [5.74, 6) is -1.45. The summed E-state index contributed by atoms with van der Waals surface area (Å²) in [7, 11) is 0. The minimum atomic E-state index is -1.70. The van der Waals surface area contributed by atoms with Gasteiger partial charge >= 0.3 is 18.2 Å². The second-order valence-corrected chi connectivity index (χ2v) is 11.7. The van der Waals surface area contributed by atoms with E-state index in [-0.39, 0.29) is 13.0 Å². The third kappa shape index (κ3) is 9.01. The SMILES string of the molecule is CC(C)(C)OC(=O)N(C(=O)OC(C)(C)C)C(Cn1nc(CC(O)OC(C)(C)C)c2ccccc21)C(=O)O. The van der Waals surface area contributed by atoms with E-state index in [1.807, 2.05) is 20.8 Å². The molecule has 11 nitrogen and oxygen atoms in total. The Kier molecular flexibility index (Phi) is 8.98. The number of carbonyl (C=O) groups excluding carboxylic acids is 2. The van der Waals surface area contributed by atoms with Gasteiger partial charge < -0.3 is 24.4 Å². The number of imide groups is 1. The zero-order chi connectivity index (χ0) is 28.3. The van der Waals surface area contributed by atoms with Crippen LogP contribution in [-0.2, 0) is 32.0 Å². The molecule has 0 saturated carbocycles. The molecule has 2 N–H and O–H groups in total. The van der Waals surface area contributed by atoms with Gasteiger partial charge in [-0.05, 0) is 68.4 Å². The second kappa shape index (κ2) is 11.1. The van der Waals surface area contributed by atoms with Gasteiger partial charge in [0.1, 0.15) is 11.2 Å². The van der Waals surface area contributed by atoms with Crippen LogP contribution in [0.5, 0.6) is 0 Å². The highest BCUT2D eigenvalue weighted by Gasteiger charge is 2.41. The van der Waals surface area contributed by atoms with Gasteiger partial charge in [-0.2, -0.15) is 10.00 Å². The van der Waals surface area contributed by atoms with Crippen molar-refractivity contribution in [2.45, 2.75) is 104 Å². The highest BCUT2D eigenvalue weighted by atomic mass is 16.6. The van der Waals surface area contributed by atoms with Crippen LogP contribution in [0.1, 0.15) is 68.0 Å². The van der Waals surface area contributed by atoms with Crippen molar-refractivity contribution in [3.63, 3.8) is 0 Å². The molecule has 37 heavy (non-hydrogen) atoms. The Hall–Kier alpha value is -3.18. The summed E-state index contributed by atoms with van der Waals surface area (Å²) in [6, 6.07) is 5.36. The molecule has 0 fully saturated rings. The lowest BCUT2D eigenvalue weighted by Crippen LogP contribution is -2.53. The Balaban J connectivity index is 2.50. The maximum atomic E-state index is 13.0. The van der Waals surface area contributed by atoms with Gasteiger partial charge in [-0.25, -0.2) is 14.4 Å². The molecule has 0 aliphatic heterocycles.